The first-order chi connectivity index (χ1) is 8.09. The Labute approximate surface area is 101 Å². The van der Waals surface area contributed by atoms with Gasteiger partial charge in [0.05, 0.1) is 24.4 Å². The molecule has 94 valence electrons. The molecule has 4 nitrogen and oxygen atoms in total. The van der Waals surface area contributed by atoms with Crippen LogP contribution >= 0.6 is 0 Å². The minimum Gasteiger partial charge on any atom is -0.386 e. The molecule has 0 aromatic carbocycles. The number of aryl methyl sites for hydroxylation is 1. The van der Waals surface area contributed by atoms with Crippen LogP contribution in [0.4, 0.5) is 10.2 Å². The zero-order valence-electron chi connectivity index (χ0n) is 10.3. The van der Waals surface area contributed by atoms with E-state index in [1.165, 1.54) is 6.33 Å². The first-order valence-electron chi connectivity index (χ1n) is 6.06. The Bertz CT molecular complexity index is 405. The van der Waals surface area contributed by atoms with Crippen LogP contribution in [0.5, 0.6) is 0 Å². The fourth-order valence-electron chi connectivity index (χ4n) is 2.30. The molecule has 0 atom stereocenters. The third-order valence-electron chi connectivity index (χ3n) is 3.16. The number of hydrogen-bond donors (Lipinski definition) is 1. The monoisotopic (exact) mass is 239 g/mol. The Balaban J connectivity index is 2.11. The summed E-state index contributed by atoms with van der Waals surface area (Å²) < 4.78 is 13.9. The molecule has 17 heavy (non-hydrogen) atoms. The predicted molar refractivity (Wildman–Crippen MR) is 63.4 cm³/mol. The number of anilines is 1. The fraction of sp³-hybridized carbons (Fsp3) is 0.667. The summed E-state index contributed by atoms with van der Waals surface area (Å²) in [5, 5.41) is 10.1. The van der Waals surface area contributed by atoms with Crippen molar-refractivity contribution in [2.75, 3.05) is 18.0 Å². The molecule has 5 heteroatoms. The van der Waals surface area contributed by atoms with Crippen LogP contribution in [0.3, 0.4) is 0 Å². The summed E-state index contributed by atoms with van der Waals surface area (Å²) in [6.45, 7) is 4.80. The number of β-amino-alcohol motifs (C(OH)–C–C–N with tert-alkyl or cyclic N) is 1. The summed E-state index contributed by atoms with van der Waals surface area (Å²) >= 11 is 0. The Morgan fingerprint density at radius 3 is 2.71 bits per heavy atom. The van der Waals surface area contributed by atoms with Crippen molar-refractivity contribution in [1.82, 2.24) is 9.97 Å². The van der Waals surface area contributed by atoms with E-state index in [1.807, 2.05) is 13.8 Å². The second-order valence-corrected chi connectivity index (χ2v) is 4.64. The predicted octanol–water partition coefficient (Wildman–Crippen LogP) is 1.53. The van der Waals surface area contributed by atoms with Crippen molar-refractivity contribution in [3.63, 3.8) is 0 Å². The number of aromatic nitrogens is 2. The molecule has 0 amide bonds. The highest BCUT2D eigenvalue weighted by Crippen LogP contribution is 2.31. The van der Waals surface area contributed by atoms with E-state index in [0.29, 0.717) is 31.0 Å². The van der Waals surface area contributed by atoms with Crippen LogP contribution in [0.15, 0.2) is 6.33 Å². The maximum Gasteiger partial charge on any atom is 0.187 e. The van der Waals surface area contributed by atoms with Crippen LogP contribution in [-0.4, -0.2) is 33.8 Å². The van der Waals surface area contributed by atoms with E-state index in [9.17, 15) is 9.50 Å². The Hall–Kier alpha value is -1.23. The molecule has 0 unspecified atom stereocenters. The molecule has 0 radical (unpaired) electrons. The lowest BCUT2D eigenvalue weighted by Crippen LogP contribution is -2.62. The molecule has 0 aliphatic carbocycles. The quantitative estimate of drug-likeness (QED) is 0.865. The van der Waals surface area contributed by atoms with Gasteiger partial charge in [0.15, 0.2) is 11.6 Å². The maximum absolute atomic E-state index is 13.9. The van der Waals surface area contributed by atoms with Crippen LogP contribution < -0.4 is 4.90 Å². The summed E-state index contributed by atoms with van der Waals surface area (Å²) in [5.74, 6) is -0.0359. The second kappa shape index (κ2) is 4.56. The SMILES string of the molecule is CCCC1(O)CN(c2ncnc(CC)c2F)C1. The van der Waals surface area contributed by atoms with Gasteiger partial charge in [0, 0.05) is 0 Å². The minimum atomic E-state index is -0.668. The van der Waals surface area contributed by atoms with Crippen LogP contribution in [0, 0.1) is 5.82 Å². The minimum absolute atomic E-state index is 0.317. The largest absolute Gasteiger partial charge is 0.386 e. The number of hydrogen-bond acceptors (Lipinski definition) is 4. The van der Waals surface area contributed by atoms with Crippen molar-refractivity contribution in [3.05, 3.63) is 17.8 Å². The third kappa shape index (κ3) is 2.24. The number of rotatable bonds is 4. The molecule has 1 fully saturated rings. The molecule has 1 aromatic heterocycles. The van der Waals surface area contributed by atoms with E-state index in [0.717, 1.165) is 12.8 Å². The van der Waals surface area contributed by atoms with E-state index >= 15 is 0 Å². The Kier molecular flexibility index (Phi) is 3.28. The van der Waals surface area contributed by atoms with E-state index in [4.69, 9.17) is 0 Å². The molecule has 1 N–H and O–H groups in total. The van der Waals surface area contributed by atoms with Crippen LogP contribution in [0.1, 0.15) is 32.4 Å². The molecule has 1 saturated heterocycles. The van der Waals surface area contributed by atoms with Crippen molar-refractivity contribution in [2.45, 2.75) is 38.7 Å². The first-order valence-corrected chi connectivity index (χ1v) is 6.06. The van der Waals surface area contributed by atoms with E-state index in [1.54, 1.807) is 4.90 Å². The van der Waals surface area contributed by atoms with Gasteiger partial charge in [-0.1, -0.05) is 20.3 Å². The topological polar surface area (TPSA) is 49.2 Å². The third-order valence-corrected chi connectivity index (χ3v) is 3.16. The van der Waals surface area contributed by atoms with E-state index < -0.39 is 5.60 Å². The number of aliphatic hydroxyl groups is 1. The van der Waals surface area contributed by atoms with E-state index in [-0.39, 0.29) is 5.82 Å². The molecule has 2 heterocycles. The van der Waals surface area contributed by atoms with Gasteiger partial charge in [-0.25, -0.2) is 14.4 Å². The summed E-state index contributed by atoms with van der Waals surface area (Å²) in [6.07, 6.45) is 3.61. The highest BCUT2D eigenvalue weighted by Gasteiger charge is 2.42. The van der Waals surface area contributed by atoms with Crippen molar-refractivity contribution in [1.29, 1.82) is 0 Å². The van der Waals surface area contributed by atoms with Gasteiger partial charge in [0.2, 0.25) is 0 Å². The van der Waals surface area contributed by atoms with Crippen molar-refractivity contribution in [3.8, 4) is 0 Å². The highest BCUT2D eigenvalue weighted by molar-refractivity contribution is 5.45. The normalized spacial score (nSPS) is 18.0. The van der Waals surface area contributed by atoms with Gasteiger partial charge in [-0.05, 0) is 12.8 Å². The molecular weight excluding hydrogens is 221 g/mol. The van der Waals surface area contributed by atoms with Gasteiger partial charge in [-0.3, -0.25) is 0 Å². The summed E-state index contributed by atoms with van der Waals surface area (Å²) in [5.41, 5.74) is -0.237. The van der Waals surface area contributed by atoms with Gasteiger partial charge >= 0.3 is 0 Å². The van der Waals surface area contributed by atoms with Gasteiger partial charge in [-0.2, -0.15) is 0 Å². The van der Waals surface area contributed by atoms with Crippen molar-refractivity contribution < 1.29 is 9.50 Å². The Morgan fingerprint density at radius 2 is 2.12 bits per heavy atom. The smallest absolute Gasteiger partial charge is 0.187 e. The maximum atomic E-state index is 13.9. The molecule has 0 saturated carbocycles. The lowest BCUT2D eigenvalue weighted by atomic mass is 9.89. The van der Waals surface area contributed by atoms with E-state index in [2.05, 4.69) is 9.97 Å². The summed E-state index contributed by atoms with van der Waals surface area (Å²) in [7, 11) is 0. The molecule has 2 rings (SSSR count). The van der Waals surface area contributed by atoms with Gasteiger partial charge in [0.25, 0.3) is 0 Å². The zero-order valence-corrected chi connectivity index (χ0v) is 10.3. The van der Waals surface area contributed by atoms with Crippen molar-refractivity contribution in [2.24, 2.45) is 0 Å². The first kappa shape index (κ1) is 12.2. The molecule has 0 spiro atoms. The lowest BCUT2D eigenvalue weighted by Gasteiger charge is -2.47. The second-order valence-electron chi connectivity index (χ2n) is 4.64. The van der Waals surface area contributed by atoms with Gasteiger partial charge < -0.3 is 10.0 Å². The molecule has 1 aliphatic rings. The highest BCUT2D eigenvalue weighted by atomic mass is 19.1. The van der Waals surface area contributed by atoms with Crippen LogP contribution in [0.25, 0.3) is 0 Å². The van der Waals surface area contributed by atoms with Crippen LogP contribution in [-0.2, 0) is 6.42 Å². The number of halogens is 1. The lowest BCUT2D eigenvalue weighted by molar-refractivity contribution is 0.00253. The van der Waals surface area contributed by atoms with Crippen LogP contribution in [0.2, 0.25) is 0 Å². The fourth-order valence-corrected chi connectivity index (χ4v) is 2.30. The van der Waals surface area contributed by atoms with Gasteiger partial charge in [-0.15, -0.1) is 0 Å². The number of nitrogens with zero attached hydrogens (tertiary/aromatic N) is 3. The summed E-state index contributed by atoms with van der Waals surface area (Å²) in [6, 6.07) is 0. The molecule has 1 aliphatic heterocycles. The average Bonchev–Trinajstić information content (AvgIpc) is 2.27. The van der Waals surface area contributed by atoms with Gasteiger partial charge in [0.1, 0.15) is 6.33 Å². The standard InChI is InChI=1S/C12H18FN3O/c1-3-5-12(17)6-16(7-12)11-10(13)9(4-2)14-8-15-11/h8,17H,3-7H2,1-2H3. The molecule has 1 aromatic rings. The average molecular weight is 239 g/mol. The Morgan fingerprint density at radius 1 is 1.41 bits per heavy atom. The zero-order chi connectivity index (χ0) is 12.5. The summed E-state index contributed by atoms with van der Waals surface area (Å²) in [4.78, 5) is 9.63. The molecule has 0 bridgehead atoms. The molecular formula is C12H18FN3O. The van der Waals surface area contributed by atoms with Crippen molar-refractivity contribution >= 4 is 5.82 Å².